The van der Waals surface area contributed by atoms with Crippen molar-refractivity contribution in [2.45, 2.75) is 38.7 Å². The van der Waals surface area contributed by atoms with Gasteiger partial charge >= 0.3 is 6.09 Å². The van der Waals surface area contributed by atoms with Gasteiger partial charge in [0, 0.05) is 5.69 Å². The molecule has 104 valence electrons. The van der Waals surface area contributed by atoms with Crippen LogP contribution in [0.25, 0.3) is 0 Å². The zero-order chi connectivity index (χ0) is 13.8. The van der Waals surface area contributed by atoms with Gasteiger partial charge in [0.05, 0.1) is 10.0 Å². The van der Waals surface area contributed by atoms with Gasteiger partial charge in [0.25, 0.3) is 0 Å². The van der Waals surface area contributed by atoms with E-state index >= 15 is 0 Å². The van der Waals surface area contributed by atoms with E-state index in [9.17, 15) is 4.79 Å². The maximum atomic E-state index is 11.8. The highest BCUT2D eigenvalue weighted by molar-refractivity contribution is 6.42. The van der Waals surface area contributed by atoms with E-state index in [4.69, 9.17) is 27.9 Å². The molecule has 0 aliphatic heterocycles. The Kier molecular flexibility index (Phi) is 4.94. The summed E-state index contributed by atoms with van der Waals surface area (Å²) in [4.78, 5) is 11.8. The van der Waals surface area contributed by atoms with Crippen LogP contribution in [0.2, 0.25) is 10.0 Å². The van der Waals surface area contributed by atoms with Gasteiger partial charge in [-0.05, 0) is 43.4 Å². The predicted molar refractivity (Wildman–Crippen MR) is 78.0 cm³/mol. The van der Waals surface area contributed by atoms with Crippen LogP contribution in [-0.4, -0.2) is 12.2 Å². The first-order chi connectivity index (χ1) is 9.06. The molecular formula is C14H17Cl2NO2. The van der Waals surface area contributed by atoms with Crippen molar-refractivity contribution in [1.82, 2.24) is 0 Å². The lowest BCUT2D eigenvalue weighted by Gasteiger charge is -2.28. The minimum Gasteiger partial charge on any atom is -0.446 e. The minimum atomic E-state index is -0.433. The maximum absolute atomic E-state index is 11.8. The highest BCUT2D eigenvalue weighted by Crippen LogP contribution is 2.28. The molecule has 0 heterocycles. The molecule has 1 aliphatic carbocycles. The van der Waals surface area contributed by atoms with Crippen LogP contribution in [0.15, 0.2) is 18.2 Å². The standard InChI is InChI=1S/C14H17Cl2NO2/c1-9-4-2-3-5-13(9)19-14(18)17-10-6-7-11(15)12(16)8-10/h6-9,13H,2-5H2,1H3,(H,17,18)/t9-,13-/m1/s1. The Labute approximate surface area is 123 Å². The van der Waals surface area contributed by atoms with Crippen LogP contribution in [0.4, 0.5) is 10.5 Å². The Morgan fingerprint density at radius 3 is 2.68 bits per heavy atom. The summed E-state index contributed by atoms with van der Waals surface area (Å²) in [7, 11) is 0. The van der Waals surface area contributed by atoms with Gasteiger partial charge in [0.1, 0.15) is 6.10 Å². The van der Waals surface area contributed by atoms with E-state index < -0.39 is 6.09 Å². The Morgan fingerprint density at radius 2 is 2.00 bits per heavy atom. The predicted octanol–water partition coefficient (Wildman–Crippen LogP) is 5.12. The first-order valence-corrected chi connectivity index (χ1v) is 7.24. The highest BCUT2D eigenvalue weighted by atomic mass is 35.5. The van der Waals surface area contributed by atoms with Crippen LogP contribution in [0.3, 0.4) is 0 Å². The molecule has 0 saturated heterocycles. The Bertz CT molecular complexity index is 465. The third-order valence-electron chi connectivity index (χ3n) is 3.46. The summed E-state index contributed by atoms with van der Waals surface area (Å²) in [5.41, 5.74) is 0.586. The Hall–Kier alpha value is -0.930. The van der Waals surface area contributed by atoms with Gasteiger partial charge in [-0.2, -0.15) is 0 Å². The molecule has 1 amide bonds. The third kappa shape index (κ3) is 4.02. The second-order valence-electron chi connectivity index (χ2n) is 4.96. The zero-order valence-electron chi connectivity index (χ0n) is 10.8. The van der Waals surface area contributed by atoms with E-state index in [1.165, 1.54) is 6.42 Å². The number of carbonyl (C=O) groups is 1. The molecule has 1 saturated carbocycles. The number of carbonyl (C=O) groups excluding carboxylic acids is 1. The van der Waals surface area contributed by atoms with E-state index in [-0.39, 0.29) is 6.10 Å². The van der Waals surface area contributed by atoms with E-state index in [1.807, 2.05) is 0 Å². The molecule has 2 rings (SSSR count). The molecule has 5 heteroatoms. The number of ether oxygens (including phenoxy) is 1. The lowest BCUT2D eigenvalue weighted by molar-refractivity contribution is 0.0524. The zero-order valence-corrected chi connectivity index (χ0v) is 12.3. The van der Waals surface area contributed by atoms with Gasteiger partial charge in [-0.3, -0.25) is 5.32 Å². The topological polar surface area (TPSA) is 38.3 Å². The van der Waals surface area contributed by atoms with E-state index in [0.29, 0.717) is 21.7 Å². The average molecular weight is 302 g/mol. The quantitative estimate of drug-likeness (QED) is 0.823. The first kappa shape index (κ1) is 14.5. The van der Waals surface area contributed by atoms with Gasteiger partial charge < -0.3 is 4.74 Å². The first-order valence-electron chi connectivity index (χ1n) is 6.49. The van der Waals surface area contributed by atoms with Gasteiger partial charge in [-0.1, -0.05) is 36.5 Å². The molecule has 0 spiro atoms. The van der Waals surface area contributed by atoms with Crippen molar-refractivity contribution in [1.29, 1.82) is 0 Å². The number of hydrogen-bond acceptors (Lipinski definition) is 2. The van der Waals surface area contributed by atoms with E-state index in [0.717, 1.165) is 19.3 Å². The van der Waals surface area contributed by atoms with Gasteiger partial charge in [0.2, 0.25) is 0 Å². The van der Waals surface area contributed by atoms with Crippen LogP contribution in [0.1, 0.15) is 32.6 Å². The summed E-state index contributed by atoms with van der Waals surface area (Å²) < 4.78 is 5.45. The van der Waals surface area contributed by atoms with Crippen LogP contribution in [0.5, 0.6) is 0 Å². The van der Waals surface area contributed by atoms with Crippen LogP contribution >= 0.6 is 23.2 Å². The number of hydrogen-bond donors (Lipinski definition) is 1. The molecule has 0 unspecified atom stereocenters. The van der Waals surface area contributed by atoms with Crippen molar-refractivity contribution in [2.24, 2.45) is 5.92 Å². The van der Waals surface area contributed by atoms with Crippen molar-refractivity contribution >= 4 is 35.0 Å². The lowest BCUT2D eigenvalue weighted by atomic mass is 9.88. The molecule has 0 aromatic heterocycles. The highest BCUT2D eigenvalue weighted by Gasteiger charge is 2.24. The Balaban J connectivity index is 1.91. The number of anilines is 1. The number of benzene rings is 1. The molecule has 1 N–H and O–H groups in total. The molecule has 3 nitrogen and oxygen atoms in total. The van der Waals surface area contributed by atoms with Crippen molar-refractivity contribution < 1.29 is 9.53 Å². The van der Waals surface area contributed by atoms with Gasteiger partial charge in [-0.25, -0.2) is 4.79 Å². The van der Waals surface area contributed by atoms with Gasteiger partial charge in [-0.15, -0.1) is 0 Å². The van der Waals surface area contributed by atoms with Crippen LogP contribution in [0, 0.1) is 5.92 Å². The second kappa shape index (κ2) is 6.49. The summed E-state index contributed by atoms with van der Waals surface area (Å²) in [6.07, 6.45) is 3.97. The fraction of sp³-hybridized carbons (Fsp3) is 0.500. The van der Waals surface area contributed by atoms with Crippen molar-refractivity contribution in [3.05, 3.63) is 28.2 Å². The number of rotatable bonds is 2. The minimum absolute atomic E-state index is 0.0107. The Morgan fingerprint density at radius 1 is 1.26 bits per heavy atom. The van der Waals surface area contributed by atoms with Gasteiger partial charge in [0.15, 0.2) is 0 Å². The largest absolute Gasteiger partial charge is 0.446 e. The van der Waals surface area contributed by atoms with Crippen LogP contribution in [-0.2, 0) is 4.74 Å². The maximum Gasteiger partial charge on any atom is 0.411 e. The molecule has 1 fully saturated rings. The second-order valence-corrected chi connectivity index (χ2v) is 5.77. The molecular weight excluding hydrogens is 285 g/mol. The normalized spacial score (nSPS) is 22.9. The van der Waals surface area contributed by atoms with E-state index in [1.54, 1.807) is 18.2 Å². The smallest absolute Gasteiger partial charge is 0.411 e. The van der Waals surface area contributed by atoms with Crippen LogP contribution < -0.4 is 5.32 Å². The number of amides is 1. The molecule has 2 atom stereocenters. The fourth-order valence-corrected chi connectivity index (χ4v) is 2.61. The number of halogens is 2. The summed E-state index contributed by atoms with van der Waals surface area (Å²) in [6, 6.07) is 4.94. The summed E-state index contributed by atoms with van der Waals surface area (Å²) in [5.74, 6) is 0.424. The SMILES string of the molecule is C[C@@H]1CCCC[C@H]1OC(=O)Nc1ccc(Cl)c(Cl)c1. The van der Waals surface area contributed by atoms with Crippen molar-refractivity contribution in [3.63, 3.8) is 0 Å². The molecule has 0 bridgehead atoms. The molecule has 1 aromatic carbocycles. The fourth-order valence-electron chi connectivity index (χ4n) is 2.32. The summed E-state index contributed by atoms with van der Waals surface area (Å²) in [6.45, 7) is 2.12. The summed E-state index contributed by atoms with van der Waals surface area (Å²) in [5, 5.41) is 3.54. The number of nitrogens with one attached hydrogen (secondary N) is 1. The lowest BCUT2D eigenvalue weighted by Crippen LogP contribution is -2.30. The monoisotopic (exact) mass is 301 g/mol. The summed E-state index contributed by atoms with van der Waals surface area (Å²) >= 11 is 11.7. The molecule has 19 heavy (non-hydrogen) atoms. The average Bonchev–Trinajstić information content (AvgIpc) is 2.37. The van der Waals surface area contributed by atoms with Crippen molar-refractivity contribution in [2.75, 3.05) is 5.32 Å². The van der Waals surface area contributed by atoms with E-state index in [2.05, 4.69) is 12.2 Å². The molecule has 1 aliphatic rings. The molecule has 1 aromatic rings. The third-order valence-corrected chi connectivity index (χ3v) is 4.20. The van der Waals surface area contributed by atoms with Crippen molar-refractivity contribution in [3.8, 4) is 0 Å². The molecule has 0 radical (unpaired) electrons.